The molecule has 2 aromatic heterocycles. The number of imidazole rings is 1. The predicted molar refractivity (Wildman–Crippen MR) is 82.5 cm³/mol. The Morgan fingerprint density at radius 2 is 2.27 bits per heavy atom. The van der Waals surface area contributed by atoms with E-state index in [1.54, 1.807) is 6.20 Å². The second-order valence-electron chi connectivity index (χ2n) is 5.67. The molecule has 116 valence electrons. The van der Waals surface area contributed by atoms with Gasteiger partial charge in [-0.25, -0.2) is 15.0 Å². The maximum Gasteiger partial charge on any atom is 0.257 e. The molecule has 0 aromatic carbocycles. The van der Waals surface area contributed by atoms with Crippen molar-refractivity contribution in [2.75, 3.05) is 13.1 Å². The Balaban J connectivity index is 1.79. The Morgan fingerprint density at radius 1 is 1.41 bits per heavy atom. The second-order valence-corrected chi connectivity index (χ2v) is 5.67. The molecule has 1 fully saturated rings. The molecule has 0 bridgehead atoms. The van der Waals surface area contributed by atoms with Crippen molar-refractivity contribution in [2.45, 2.75) is 39.2 Å². The van der Waals surface area contributed by atoms with Crippen LogP contribution in [0.15, 0.2) is 24.9 Å². The third-order valence-corrected chi connectivity index (χ3v) is 4.28. The summed E-state index contributed by atoms with van der Waals surface area (Å²) < 4.78 is 2.22. The van der Waals surface area contributed by atoms with Crippen LogP contribution in [-0.4, -0.2) is 43.4 Å². The highest BCUT2D eigenvalue weighted by atomic mass is 16.2. The first-order valence-corrected chi connectivity index (χ1v) is 7.78. The molecule has 0 unspecified atom stereocenters. The number of aromatic nitrogens is 4. The summed E-state index contributed by atoms with van der Waals surface area (Å²) in [4.78, 5) is 27.1. The van der Waals surface area contributed by atoms with Crippen molar-refractivity contribution >= 4 is 5.91 Å². The Bertz CT molecular complexity index is 666. The maximum absolute atomic E-state index is 12.7. The lowest BCUT2D eigenvalue weighted by Crippen LogP contribution is -2.41. The number of rotatable bonds is 3. The number of hydrogen-bond donors (Lipinski definition) is 0. The number of carbonyl (C=O) groups is 1. The van der Waals surface area contributed by atoms with Gasteiger partial charge in [0.2, 0.25) is 0 Å². The van der Waals surface area contributed by atoms with E-state index in [4.69, 9.17) is 0 Å². The van der Waals surface area contributed by atoms with Crippen LogP contribution in [0.1, 0.15) is 47.7 Å². The van der Waals surface area contributed by atoms with Crippen molar-refractivity contribution in [3.63, 3.8) is 0 Å². The van der Waals surface area contributed by atoms with Gasteiger partial charge in [0.1, 0.15) is 12.2 Å². The molecule has 1 atom stereocenters. The summed E-state index contributed by atoms with van der Waals surface area (Å²) in [5.74, 6) is 1.11. The minimum absolute atomic E-state index is 0.0287. The zero-order valence-corrected chi connectivity index (χ0v) is 13.1. The average Bonchev–Trinajstić information content (AvgIpc) is 3.03. The van der Waals surface area contributed by atoms with Gasteiger partial charge in [0.25, 0.3) is 5.91 Å². The lowest BCUT2D eigenvalue weighted by Gasteiger charge is -2.34. The number of aryl methyl sites for hydroxylation is 2. The smallest absolute Gasteiger partial charge is 0.257 e. The molecule has 6 heteroatoms. The molecule has 2 aromatic rings. The van der Waals surface area contributed by atoms with Gasteiger partial charge in [-0.15, -0.1) is 0 Å². The predicted octanol–water partition coefficient (Wildman–Crippen LogP) is 2.02. The van der Waals surface area contributed by atoms with Gasteiger partial charge in [-0.05, 0) is 19.8 Å². The molecule has 1 saturated heterocycles. The number of likely N-dealkylation sites (tertiary alicyclic amines) is 1. The van der Waals surface area contributed by atoms with Crippen LogP contribution >= 0.6 is 0 Å². The van der Waals surface area contributed by atoms with Crippen LogP contribution in [0.2, 0.25) is 0 Å². The molecule has 1 aliphatic heterocycles. The summed E-state index contributed by atoms with van der Waals surface area (Å²) in [6.45, 7) is 5.47. The lowest BCUT2D eigenvalue weighted by molar-refractivity contribution is 0.0676. The van der Waals surface area contributed by atoms with Crippen LogP contribution in [-0.2, 0) is 6.42 Å². The SMILES string of the molecule is CCc1nccn1[C@H]1CCCN(C(=O)c2cncnc2C)C1. The van der Waals surface area contributed by atoms with Crippen LogP contribution in [0.3, 0.4) is 0 Å². The Labute approximate surface area is 130 Å². The molecule has 22 heavy (non-hydrogen) atoms. The molecule has 6 nitrogen and oxygen atoms in total. The van der Waals surface area contributed by atoms with E-state index in [-0.39, 0.29) is 5.91 Å². The van der Waals surface area contributed by atoms with Crippen molar-refractivity contribution < 1.29 is 4.79 Å². The Morgan fingerprint density at radius 3 is 3.05 bits per heavy atom. The first-order valence-electron chi connectivity index (χ1n) is 7.78. The topological polar surface area (TPSA) is 63.9 Å². The quantitative estimate of drug-likeness (QED) is 0.870. The van der Waals surface area contributed by atoms with Crippen molar-refractivity contribution in [3.05, 3.63) is 42.0 Å². The number of amides is 1. The largest absolute Gasteiger partial charge is 0.336 e. The highest BCUT2D eigenvalue weighted by Crippen LogP contribution is 2.24. The van der Waals surface area contributed by atoms with Crippen LogP contribution in [0.5, 0.6) is 0 Å². The summed E-state index contributed by atoms with van der Waals surface area (Å²) in [7, 11) is 0. The monoisotopic (exact) mass is 299 g/mol. The number of piperidine rings is 1. The van der Waals surface area contributed by atoms with Gasteiger partial charge in [-0.2, -0.15) is 0 Å². The van der Waals surface area contributed by atoms with Crippen molar-refractivity contribution in [2.24, 2.45) is 0 Å². The van der Waals surface area contributed by atoms with Crippen molar-refractivity contribution in [1.82, 2.24) is 24.4 Å². The van der Waals surface area contributed by atoms with Gasteiger partial charge >= 0.3 is 0 Å². The van der Waals surface area contributed by atoms with E-state index >= 15 is 0 Å². The summed E-state index contributed by atoms with van der Waals surface area (Å²) in [6.07, 6.45) is 9.95. The van der Waals surface area contributed by atoms with Gasteiger partial charge in [0.15, 0.2) is 0 Å². The molecule has 3 heterocycles. The van der Waals surface area contributed by atoms with E-state index in [0.717, 1.165) is 43.9 Å². The summed E-state index contributed by atoms with van der Waals surface area (Å²) in [6, 6.07) is 0.306. The van der Waals surface area contributed by atoms with Crippen LogP contribution in [0.25, 0.3) is 0 Å². The normalized spacial score (nSPS) is 18.5. The fourth-order valence-electron chi connectivity index (χ4n) is 3.09. The van der Waals surface area contributed by atoms with Crippen molar-refractivity contribution in [1.29, 1.82) is 0 Å². The van der Waals surface area contributed by atoms with Crippen LogP contribution < -0.4 is 0 Å². The molecule has 3 rings (SSSR count). The first-order chi connectivity index (χ1) is 10.7. The molecular formula is C16H21N5O. The van der Waals surface area contributed by atoms with Crippen molar-refractivity contribution in [3.8, 4) is 0 Å². The molecule has 1 amide bonds. The molecule has 1 aliphatic rings. The van der Waals surface area contributed by atoms with E-state index in [0.29, 0.717) is 11.6 Å². The third-order valence-electron chi connectivity index (χ3n) is 4.28. The Kier molecular flexibility index (Phi) is 4.18. The Hall–Kier alpha value is -2.24. The zero-order chi connectivity index (χ0) is 15.5. The third kappa shape index (κ3) is 2.73. The van der Waals surface area contributed by atoms with Gasteiger partial charge in [0.05, 0.1) is 17.3 Å². The number of carbonyl (C=O) groups excluding carboxylic acids is 1. The standard InChI is InChI=1S/C16H21N5O/c1-3-15-18-6-8-21(15)13-5-4-7-20(10-13)16(22)14-9-17-11-19-12(14)2/h6,8-9,11,13H,3-5,7,10H2,1-2H3/t13-/m0/s1. The van der Waals surface area contributed by atoms with Gasteiger partial charge in [0, 0.05) is 38.1 Å². The average molecular weight is 299 g/mol. The maximum atomic E-state index is 12.7. The molecule has 0 N–H and O–H groups in total. The van der Waals surface area contributed by atoms with E-state index in [1.807, 2.05) is 24.2 Å². The summed E-state index contributed by atoms with van der Waals surface area (Å²) in [5, 5.41) is 0. The van der Waals surface area contributed by atoms with Gasteiger partial charge in [-0.1, -0.05) is 6.92 Å². The lowest BCUT2D eigenvalue weighted by atomic mass is 10.0. The fourth-order valence-corrected chi connectivity index (χ4v) is 3.09. The van der Waals surface area contributed by atoms with Crippen LogP contribution in [0.4, 0.5) is 0 Å². The van der Waals surface area contributed by atoms with E-state index < -0.39 is 0 Å². The summed E-state index contributed by atoms with van der Waals surface area (Å²) >= 11 is 0. The first kappa shape index (κ1) is 14.7. The molecule has 0 aliphatic carbocycles. The van der Waals surface area contributed by atoms with Crippen LogP contribution in [0, 0.1) is 6.92 Å². The minimum Gasteiger partial charge on any atom is -0.336 e. The highest BCUT2D eigenvalue weighted by molar-refractivity contribution is 5.94. The molecule has 0 spiro atoms. The van der Waals surface area contributed by atoms with Gasteiger partial charge < -0.3 is 9.47 Å². The molecule has 0 radical (unpaired) electrons. The van der Waals surface area contributed by atoms with E-state index in [9.17, 15) is 4.79 Å². The highest BCUT2D eigenvalue weighted by Gasteiger charge is 2.27. The molecule has 0 saturated carbocycles. The number of hydrogen-bond acceptors (Lipinski definition) is 4. The summed E-state index contributed by atoms with van der Waals surface area (Å²) in [5.41, 5.74) is 1.34. The van der Waals surface area contributed by atoms with E-state index in [1.165, 1.54) is 6.33 Å². The number of nitrogens with zero attached hydrogens (tertiary/aromatic N) is 5. The second kappa shape index (κ2) is 6.25. The molecular weight excluding hydrogens is 278 g/mol. The van der Waals surface area contributed by atoms with E-state index in [2.05, 4.69) is 26.4 Å². The fraction of sp³-hybridized carbons (Fsp3) is 0.500. The zero-order valence-electron chi connectivity index (χ0n) is 13.1. The van der Waals surface area contributed by atoms with Gasteiger partial charge in [-0.3, -0.25) is 4.79 Å². The minimum atomic E-state index is 0.0287.